The van der Waals surface area contributed by atoms with Gasteiger partial charge in [0.15, 0.2) is 0 Å². The molecule has 0 bridgehead atoms. The van der Waals surface area contributed by atoms with Gasteiger partial charge in [0.1, 0.15) is 10.8 Å². The summed E-state index contributed by atoms with van der Waals surface area (Å²) >= 11 is 1.42. The molecule has 0 fully saturated rings. The molecule has 0 aliphatic rings. The van der Waals surface area contributed by atoms with E-state index in [0.717, 1.165) is 33.6 Å². The molecule has 13 heteroatoms. The summed E-state index contributed by atoms with van der Waals surface area (Å²) in [6.45, 7) is 6.93. The lowest BCUT2D eigenvalue weighted by molar-refractivity contribution is 0.0784. The van der Waals surface area contributed by atoms with Crippen LogP contribution in [0.25, 0.3) is 0 Å². The third-order valence-electron chi connectivity index (χ3n) is 7.29. The summed E-state index contributed by atoms with van der Waals surface area (Å²) in [7, 11) is -2.37. The lowest BCUT2D eigenvalue weighted by Crippen LogP contribution is -2.48. The number of thiazole rings is 1. The van der Waals surface area contributed by atoms with Crippen molar-refractivity contribution < 1.29 is 27.3 Å². The van der Waals surface area contributed by atoms with Crippen molar-refractivity contribution in [1.29, 1.82) is 0 Å². The van der Waals surface area contributed by atoms with Gasteiger partial charge < -0.3 is 24.8 Å². The van der Waals surface area contributed by atoms with Gasteiger partial charge in [-0.15, -0.1) is 11.3 Å². The first-order valence-corrected chi connectivity index (χ1v) is 17.9. The van der Waals surface area contributed by atoms with Gasteiger partial charge in [0.25, 0.3) is 11.8 Å². The minimum Gasteiger partial charge on any atom is -0.390 e. The molecule has 0 spiro atoms. The van der Waals surface area contributed by atoms with E-state index >= 15 is 0 Å². The zero-order valence-electron chi connectivity index (χ0n) is 27.1. The van der Waals surface area contributed by atoms with Crippen molar-refractivity contribution in [3.63, 3.8) is 0 Å². The van der Waals surface area contributed by atoms with E-state index in [2.05, 4.69) is 40.5 Å². The summed E-state index contributed by atoms with van der Waals surface area (Å²) in [6.07, 6.45) is 3.82. The Labute approximate surface area is 280 Å². The Kier molecular flexibility index (Phi) is 12.2. The number of amides is 2. The molecule has 0 saturated heterocycles. The zero-order chi connectivity index (χ0) is 34.1. The molecule has 47 heavy (non-hydrogen) atoms. The van der Waals surface area contributed by atoms with Crippen LogP contribution in [-0.2, 0) is 29.6 Å². The van der Waals surface area contributed by atoms with E-state index in [1.165, 1.54) is 34.4 Å². The smallest absolute Gasteiger partial charge is 0.306 e. The number of aromatic nitrogens is 2. The molecule has 4 rings (SSSR count). The van der Waals surface area contributed by atoms with Gasteiger partial charge in [-0.05, 0) is 54.2 Å². The lowest BCUT2D eigenvalue weighted by atomic mass is 10.00. The third-order valence-corrected chi connectivity index (χ3v) is 8.74. The summed E-state index contributed by atoms with van der Waals surface area (Å²) in [5.41, 5.74) is 3.89. The van der Waals surface area contributed by atoms with Crippen LogP contribution in [0.1, 0.15) is 67.9 Å². The minimum atomic E-state index is -3.96. The number of pyridine rings is 1. The van der Waals surface area contributed by atoms with Crippen LogP contribution in [0.4, 0.5) is 0 Å². The molecule has 2 amide bonds. The molecule has 4 aromatic rings. The molecule has 2 atom stereocenters. The second-order valence-corrected chi connectivity index (χ2v) is 14.3. The quantitative estimate of drug-likeness (QED) is 0.158. The Balaban J connectivity index is 1.55. The van der Waals surface area contributed by atoms with Gasteiger partial charge in [-0.2, -0.15) is 8.42 Å². The Bertz CT molecular complexity index is 1780. The van der Waals surface area contributed by atoms with Gasteiger partial charge in [-0.1, -0.05) is 50.2 Å². The number of aliphatic hydroxyl groups is 1. The Morgan fingerprint density at radius 1 is 1.04 bits per heavy atom. The Hall–Kier alpha value is -4.17. The van der Waals surface area contributed by atoms with Crippen LogP contribution in [0.15, 0.2) is 72.4 Å². The van der Waals surface area contributed by atoms with E-state index in [0.29, 0.717) is 18.9 Å². The number of aliphatic hydroxyl groups excluding tert-OH is 1. The van der Waals surface area contributed by atoms with E-state index in [9.17, 15) is 23.1 Å². The van der Waals surface area contributed by atoms with E-state index in [-0.39, 0.29) is 30.0 Å². The fraction of sp³-hybridized carbons (Fsp3) is 0.353. The van der Waals surface area contributed by atoms with Crippen LogP contribution >= 0.6 is 11.3 Å². The molecular formula is C34H41N5O6S2. The number of hydrogen-bond acceptors (Lipinski definition) is 10. The molecule has 2 heterocycles. The number of aryl methyl sites for hydroxylation is 1. The molecule has 3 N–H and O–H groups in total. The molecule has 0 aliphatic heterocycles. The highest BCUT2D eigenvalue weighted by Gasteiger charge is 2.25. The predicted octanol–water partition coefficient (Wildman–Crippen LogP) is 4.07. The minimum absolute atomic E-state index is 0.00258. The van der Waals surface area contributed by atoms with Crippen LogP contribution in [-0.4, -0.2) is 72.2 Å². The maximum Gasteiger partial charge on any atom is 0.306 e. The largest absolute Gasteiger partial charge is 0.390 e. The predicted molar refractivity (Wildman–Crippen MR) is 182 cm³/mol. The summed E-state index contributed by atoms with van der Waals surface area (Å²) in [6, 6.07) is 14.7. The molecule has 0 radical (unpaired) electrons. The average Bonchev–Trinajstić information content (AvgIpc) is 3.43. The fourth-order valence-electron chi connectivity index (χ4n) is 4.88. The second kappa shape index (κ2) is 16.1. The molecular weight excluding hydrogens is 639 g/mol. The Morgan fingerprint density at radius 3 is 2.43 bits per heavy atom. The molecule has 11 nitrogen and oxygen atoms in total. The normalized spacial score (nSPS) is 12.8. The fourth-order valence-corrected chi connectivity index (χ4v) is 6.15. The first kappa shape index (κ1) is 35.7. The summed E-state index contributed by atoms with van der Waals surface area (Å²) in [4.78, 5) is 37.3. The highest BCUT2D eigenvalue weighted by Crippen LogP contribution is 2.22. The zero-order valence-corrected chi connectivity index (χ0v) is 28.8. The van der Waals surface area contributed by atoms with Crippen molar-refractivity contribution in [2.75, 3.05) is 19.8 Å². The van der Waals surface area contributed by atoms with Crippen molar-refractivity contribution in [1.82, 2.24) is 25.5 Å². The van der Waals surface area contributed by atoms with E-state index in [4.69, 9.17) is 4.18 Å². The van der Waals surface area contributed by atoms with Gasteiger partial charge in [-0.3, -0.25) is 14.6 Å². The third kappa shape index (κ3) is 11.0. The highest BCUT2D eigenvalue weighted by molar-refractivity contribution is 7.86. The van der Waals surface area contributed by atoms with Crippen molar-refractivity contribution >= 4 is 33.3 Å². The summed E-state index contributed by atoms with van der Waals surface area (Å²) in [5.74, 6) is -0.906. The number of benzene rings is 2. The number of nitrogens with zero attached hydrogens (tertiary/aromatic N) is 3. The molecule has 250 valence electrons. The highest BCUT2D eigenvalue weighted by atomic mass is 32.2. The van der Waals surface area contributed by atoms with E-state index < -0.39 is 34.1 Å². The van der Waals surface area contributed by atoms with Crippen LogP contribution in [0.2, 0.25) is 0 Å². The molecule has 2 aromatic carbocycles. The van der Waals surface area contributed by atoms with Gasteiger partial charge >= 0.3 is 10.1 Å². The number of rotatable bonds is 15. The maximum absolute atomic E-state index is 13.7. The van der Waals surface area contributed by atoms with Crippen molar-refractivity contribution in [2.24, 2.45) is 0 Å². The summed E-state index contributed by atoms with van der Waals surface area (Å²) in [5, 5.41) is 20.1. The van der Waals surface area contributed by atoms with Crippen molar-refractivity contribution in [3.8, 4) is 5.75 Å². The van der Waals surface area contributed by atoms with Crippen LogP contribution in [0.5, 0.6) is 5.75 Å². The van der Waals surface area contributed by atoms with Crippen LogP contribution in [0, 0.1) is 6.92 Å². The van der Waals surface area contributed by atoms with Crippen LogP contribution < -0.4 is 14.8 Å². The van der Waals surface area contributed by atoms with Crippen molar-refractivity contribution in [2.45, 2.75) is 58.3 Å². The molecule has 0 saturated carbocycles. The first-order valence-electron chi connectivity index (χ1n) is 15.2. The number of hydrogen-bond donors (Lipinski definition) is 3. The topological polar surface area (TPSA) is 151 Å². The lowest BCUT2D eigenvalue weighted by Gasteiger charge is -2.25. The first-order chi connectivity index (χ1) is 22.3. The summed E-state index contributed by atoms with van der Waals surface area (Å²) < 4.78 is 29.1. The molecule has 1 unspecified atom stereocenters. The number of carbonyl (C=O) groups excluding carboxylic acids is 2. The van der Waals surface area contributed by atoms with Gasteiger partial charge in [-0.25, -0.2) is 4.98 Å². The second-order valence-electron chi connectivity index (χ2n) is 11.8. The van der Waals surface area contributed by atoms with E-state index in [1.54, 1.807) is 13.2 Å². The monoisotopic (exact) mass is 679 g/mol. The van der Waals surface area contributed by atoms with E-state index in [1.807, 2.05) is 48.8 Å². The average molecular weight is 680 g/mol. The molecule has 0 aliphatic carbocycles. The van der Waals surface area contributed by atoms with Gasteiger partial charge in [0.05, 0.1) is 24.9 Å². The van der Waals surface area contributed by atoms with Crippen LogP contribution in [0.3, 0.4) is 0 Å². The van der Waals surface area contributed by atoms with Gasteiger partial charge in [0, 0.05) is 54.7 Å². The standard InChI is InChI=1S/C34H41N5O6S2/c1-22(2)28-11-25(16-35-18-28)17-36-19-31(40)30(12-24-9-7-6-8-10-24)38-33(41)26-13-27(15-29(14-26)45-47(5,43)44)34(42)39(4)20-32-37-23(3)21-46-32/h6-11,13-16,18,21-22,30-31,36,40H,12,17,19-20H2,1-5H3,(H,38,41)/t30?,31-/m1/s1. The maximum atomic E-state index is 13.7. The molecule has 2 aromatic heterocycles. The SMILES string of the molecule is Cc1csc(CN(C)C(=O)c2cc(OS(C)(=O)=O)cc(C(=O)NC(Cc3ccccc3)[C@H](O)CNCc3cncc(C(C)C)c3)c2)n1. The number of carbonyl (C=O) groups is 2. The number of nitrogens with one attached hydrogen (secondary N) is 2. The van der Waals surface area contributed by atoms with Crippen molar-refractivity contribution in [3.05, 3.63) is 111 Å². The van der Waals surface area contributed by atoms with Gasteiger partial charge in [0.2, 0.25) is 0 Å². The Morgan fingerprint density at radius 2 is 1.77 bits per heavy atom.